The van der Waals surface area contributed by atoms with Gasteiger partial charge in [-0.15, -0.1) is 0 Å². The highest BCUT2D eigenvalue weighted by Gasteiger charge is 2.57. The Morgan fingerprint density at radius 1 is 1.47 bits per heavy atom. The van der Waals surface area contributed by atoms with E-state index in [0.717, 1.165) is 32.4 Å². The van der Waals surface area contributed by atoms with Crippen LogP contribution in [-0.2, 0) is 9.53 Å². The molecule has 98 valence electrons. The zero-order valence-electron chi connectivity index (χ0n) is 10.9. The fourth-order valence-corrected chi connectivity index (χ4v) is 2.79. The third kappa shape index (κ3) is 3.19. The van der Waals surface area contributed by atoms with Gasteiger partial charge in [-0.05, 0) is 51.6 Å². The molecule has 1 unspecified atom stereocenters. The molecule has 1 saturated carbocycles. The summed E-state index contributed by atoms with van der Waals surface area (Å²) in [5.41, 5.74) is 0.342. The Morgan fingerprint density at radius 2 is 2.18 bits per heavy atom. The van der Waals surface area contributed by atoms with Crippen LogP contribution in [0.1, 0.15) is 33.1 Å². The van der Waals surface area contributed by atoms with Crippen molar-refractivity contribution in [3.63, 3.8) is 0 Å². The number of nitrogens with one attached hydrogen (secondary N) is 2. The number of rotatable bonds is 5. The molecular weight excluding hydrogens is 216 g/mol. The average Bonchev–Trinajstić information content (AvgIpc) is 2.99. The number of ether oxygens (including phenoxy) is 1. The zero-order chi connectivity index (χ0) is 12.3. The first kappa shape index (κ1) is 12.8. The lowest BCUT2D eigenvalue weighted by Gasteiger charge is -2.23. The van der Waals surface area contributed by atoms with E-state index in [1.54, 1.807) is 0 Å². The molecule has 1 spiro atoms. The zero-order valence-corrected chi connectivity index (χ0v) is 10.9. The predicted molar refractivity (Wildman–Crippen MR) is 66.7 cm³/mol. The lowest BCUT2D eigenvalue weighted by molar-refractivity contribution is -0.123. The lowest BCUT2D eigenvalue weighted by Crippen LogP contribution is -2.35. The third-order valence-electron chi connectivity index (χ3n) is 3.96. The Balaban J connectivity index is 1.65. The fourth-order valence-electron chi connectivity index (χ4n) is 2.79. The van der Waals surface area contributed by atoms with E-state index in [-0.39, 0.29) is 17.9 Å². The molecule has 1 heterocycles. The fraction of sp³-hybridized carbons (Fsp3) is 0.923. The maximum absolute atomic E-state index is 11.9. The van der Waals surface area contributed by atoms with Crippen LogP contribution in [-0.4, -0.2) is 38.3 Å². The van der Waals surface area contributed by atoms with Gasteiger partial charge in [-0.1, -0.05) is 0 Å². The molecule has 1 atom stereocenters. The van der Waals surface area contributed by atoms with E-state index < -0.39 is 0 Å². The highest BCUT2D eigenvalue weighted by Crippen LogP contribution is 2.58. The minimum Gasteiger partial charge on any atom is -0.377 e. The van der Waals surface area contributed by atoms with E-state index in [1.807, 2.05) is 13.8 Å². The van der Waals surface area contributed by atoms with Crippen molar-refractivity contribution in [1.29, 1.82) is 0 Å². The van der Waals surface area contributed by atoms with Crippen molar-refractivity contribution >= 4 is 5.91 Å². The number of carbonyl (C=O) groups excluding carboxylic acids is 1. The van der Waals surface area contributed by atoms with Gasteiger partial charge in [0.1, 0.15) is 0 Å². The van der Waals surface area contributed by atoms with Crippen molar-refractivity contribution in [1.82, 2.24) is 10.6 Å². The van der Waals surface area contributed by atoms with E-state index in [0.29, 0.717) is 18.6 Å². The van der Waals surface area contributed by atoms with Crippen molar-refractivity contribution < 1.29 is 9.53 Å². The van der Waals surface area contributed by atoms with Gasteiger partial charge in [0.25, 0.3) is 0 Å². The minimum atomic E-state index is 0.235. The molecular formula is C13H24N2O2. The molecule has 2 aliphatic rings. The van der Waals surface area contributed by atoms with E-state index in [9.17, 15) is 4.79 Å². The Morgan fingerprint density at radius 3 is 2.82 bits per heavy atom. The SMILES string of the molecule is CC(C)OCCNC(=O)C1CC12CCNCC2. The number of hydrogen-bond donors (Lipinski definition) is 2. The molecule has 0 aromatic heterocycles. The molecule has 2 fully saturated rings. The number of piperidine rings is 1. The highest BCUT2D eigenvalue weighted by molar-refractivity contribution is 5.82. The molecule has 1 aliphatic heterocycles. The summed E-state index contributed by atoms with van der Waals surface area (Å²) in [6.45, 7) is 7.41. The standard InChI is InChI=1S/C13H24N2O2/c1-10(2)17-8-7-15-12(16)11-9-13(11)3-5-14-6-4-13/h10-11,14H,3-9H2,1-2H3,(H,15,16). The van der Waals surface area contributed by atoms with Gasteiger partial charge in [-0.25, -0.2) is 0 Å². The Kier molecular flexibility index (Phi) is 4.05. The first-order valence-corrected chi connectivity index (χ1v) is 6.74. The molecule has 0 aromatic carbocycles. The second-order valence-electron chi connectivity index (χ2n) is 5.58. The number of hydrogen-bond acceptors (Lipinski definition) is 3. The summed E-state index contributed by atoms with van der Waals surface area (Å²) in [6, 6.07) is 0. The molecule has 1 aliphatic carbocycles. The molecule has 1 saturated heterocycles. The van der Waals surface area contributed by atoms with Crippen molar-refractivity contribution in [2.24, 2.45) is 11.3 Å². The Bertz CT molecular complexity index is 273. The summed E-state index contributed by atoms with van der Waals surface area (Å²) >= 11 is 0. The van der Waals surface area contributed by atoms with Crippen LogP contribution in [0, 0.1) is 11.3 Å². The smallest absolute Gasteiger partial charge is 0.223 e. The van der Waals surface area contributed by atoms with Crippen LogP contribution in [0.3, 0.4) is 0 Å². The molecule has 4 nitrogen and oxygen atoms in total. The topological polar surface area (TPSA) is 50.4 Å². The van der Waals surface area contributed by atoms with Crippen LogP contribution in [0.5, 0.6) is 0 Å². The van der Waals surface area contributed by atoms with Gasteiger partial charge >= 0.3 is 0 Å². The van der Waals surface area contributed by atoms with E-state index in [1.165, 1.54) is 0 Å². The normalized spacial score (nSPS) is 26.2. The molecule has 0 aromatic rings. The van der Waals surface area contributed by atoms with Gasteiger partial charge in [-0.2, -0.15) is 0 Å². The van der Waals surface area contributed by atoms with E-state index >= 15 is 0 Å². The first-order valence-electron chi connectivity index (χ1n) is 6.74. The first-order chi connectivity index (χ1) is 8.14. The summed E-state index contributed by atoms with van der Waals surface area (Å²) in [4.78, 5) is 11.9. The summed E-state index contributed by atoms with van der Waals surface area (Å²) < 4.78 is 5.40. The van der Waals surface area contributed by atoms with Gasteiger partial charge in [0.15, 0.2) is 0 Å². The second-order valence-corrected chi connectivity index (χ2v) is 5.58. The summed E-state index contributed by atoms with van der Waals surface area (Å²) in [6.07, 6.45) is 3.65. The lowest BCUT2D eigenvalue weighted by atomic mass is 9.92. The summed E-state index contributed by atoms with van der Waals surface area (Å²) in [5, 5.41) is 6.34. The van der Waals surface area contributed by atoms with Gasteiger partial charge in [0.2, 0.25) is 5.91 Å². The van der Waals surface area contributed by atoms with Crippen molar-refractivity contribution in [3.05, 3.63) is 0 Å². The van der Waals surface area contributed by atoms with Crippen LogP contribution in [0.15, 0.2) is 0 Å². The molecule has 4 heteroatoms. The average molecular weight is 240 g/mol. The Hall–Kier alpha value is -0.610. The molecule has 2 rings (SSSR count). The molecule has 17 heavy (non-hydrogen) atoms. The molecule has 2 N–H and O–H groups in total. The molecule has 0 radical (unpaired) electrons. The van der Waals surface area contributed by atoms with Crippen molar-refractivity contribution in [3.8, 4) is 0 Å². The highest BCUT2D eigenvalue weighted by atomic mass is 16.5. The van der Waals surface area contributed by atoms with Gasteiger partial charge in [0, 0.05) is 12.5 Å². The van der Waals surface area contributed by atoms with Gasteiger partial charge < -0.3 is 15.4 Å². The minimum absolute atomic E-state index is 0.235. The van der Waals surface area contributed by atoms with Crippen LogP contribution < -0.4 is 10.6 Å². The maximum Gasteiger partial charge on any atom is 0.223 e. The van der Waals surface area contributed by atoms with Crippen molar-refractivity contribution in [2.75, 3.05) is 26.2 Å². The summed E-state index contributed by atoms with van der Waals surface area (Å²) in [5.74, 6) is 0.503. The maximum atomic E-state index is 11.9. The molecule has 1 amide bonds. The number of amides is 1. The van der Waals surface area contributed by atoms with Gasteiger partial charge in [-0.3, -0.25) is 4.79 Å². The third-order valence-corrected chi connectivity index (χ3v) is 3.96. The Labute approximate surface area is 103 Å². The summed E-state index contributed by atoms with van der Waals surface area (Å²) in [7, 11) is 0. The van der Waals surface area contributed by atoms with Crippen LogP contribution >= 0.6 is 0 Å². The van der Waals surface area contributed by atoms with Crippen LogP contribution in [0.25, 0.3) is 0 Å². The van der Waals surface area contributed by atoms with Gasteiger partial charge in [0.05, 0.1) is 12.7 Å². The largest absolute Gasteiger partial charge is 0.377 e. The van der Waals surface area contributed by atoms with Crippen LogP contribution in [0.4, 0.5) is 0 Å². The van der Waals surface area contributed by atoms with Crippen LogP contribution in [0.2, 0.25) is 0 Å². The predicted octanol–water partition coefficient (Wildman–Crippen LogP) is 0.917. The molecule has 0 bridgehead atoms. The monoisotopic (exact) mass is 240 g/mol. The number of carbonyl (C=O) groups is 1. The van der Waals surface area contributed by atoms with E-state index in [2.05, 4.69) is 10.6 Å². The van der Waals surface area contributed by atoms with E-state index in [4.69, 9.17) is 4.74 Å². The second kappa shape index (κ2) is 5.36. The quantitative estimate of drug-likeness (QED) is 0.703. The van der Waals surface area contributed by atoms with Crippen molar-refractivity contribution in [2.45, 2.75) is 39.2 Å².